The summed E-state index contributed by atoms with van der Waals surface area (Å²) < 4.78 is 5.56. The molecule has 2 aromatic rings. The van der Waals surface area contributed by atoms with Crippen LogP contribution >= 0.6 is 0 Å². The number of allylic oxidation sites excluding steroid dienone is 2. The van der Waals surface area contributed by atoms with Crippen LogP contribution in [0, 0.1) is 37.5 Å². The van der Waals surface area contributed by atoms with E-state index in [1.165, 1.54) is 4.90 Å². The van der Waals surface area contributed by atoms with Crippen LogP contribution in [0.2, 0.25) is 0 Å². The molecule has 2 amide bonds. The summed E-state index contributed by atoms with van der Waals surface area (Å²) in [6.07, 6.45) is 5.03. The van der Waals surface area contributed by atoms with Gasteiger partial charge >= 0.3 is 5.97 Å². The average Bonchev–Trinajstić information content (AvgIpc) is 3.39. The highest BCUT2D eigenvalue weighted by Gasteiger charge is 2.59. The molecule has 2 fully saturated rings. The highest BCUT2D eigenvalue weighted by molar-refractivity contribution is 6.23. The van der Waals surface area contributed by atoms with E-state index in [9.17, 15) is 14.4 Å². The number of carbonyl (C=O) groups is 3. The second-order valence-corrected chi connectivity index (χ2v) is 8.15. The molecule has 146 valence electrons. The number of anilines is 1. The van der Waals surface area contributed by atoms with Crippen molar-refractivity contribution in [1.29, 1.82) is 0 Å². The molecule has 29 heavy (non-hydrogen) atoms. The topological polar surface area (TPSA) is 63.7 Å². The van der Waals surface area contributed by atoms with Crippen LogP contribution in [0.4, 0.5) is 5.69 Å². The highest BCUT2D eigenvalue weighted by Crippen LogP contribution is 2.53. The second kappa shape index (κ2) is 6.41. The van der Waals surface area contributed by atoms with Crippen molar-refractivity contribution in [3.63, 3.8) is 0 Å². The summed E-state index contributed by atoms with van der Waals surface area (Å²) >= 11 is 0. The molecular formula is C24H21NO4. The lowest BCUT2D eigenvalue weighted by atomic mass is 9.85. The minimum atomic E-state index is -0.512. The standard InChI is InChI=1S/C24H21NO4/c1-13-5-3-8-19(14(13)2)29-24(28)17-6-4-7-18(12-17)25-22(26)20-15-9-10-16(11-15)21(20)23(25)27/h3-10,12,15-16,20-21H,11H2,1-2H3/t15-,16+,20-,21-/m0/s1. The zero-order valence-electron chi connectivity index (χ0n) is 16.3. The Kier molecular flexibility index (Phi) is 3.95. The molecule has 5 heteroatoms. The number of rotatable bonds is 3. The number of carbonyl (C=O) groups excluding carboxylic acids is 3. The number of hydrogen-bond donors (Lipinski definition) is 0. The Morgan fingerprint density at radius 3 is 2.31 bits per heavy atom. The quantitative estimate of drug-likeness (QED) is 0.347. The molecule has 5 nitrogen and oxygen atoms in total. The fourth-order valence-corrected chi connectivity index (χ4v) is 4.92. The van der Waals surface area contributed by atoms with Gasteiger partial charge < -0.3 is 4.74 Å². The van der Waals surface area contributed by atoms with E-state index in [0.29, 0.717) is 17.0 Å². The SMILES string of the molecule is Cc1cccc(OC(=O)c2cccc(N3C(=O)[C@@H]4[C@@H](C3=O)[C@H]3C=C[C@@H]4C3)c2)c1C. The van der Waals surface area contributed by atoms with Gasteiger partial charge in [-0.05, 0) is 67.5 Å². The third-order valence-electron chi connectivity index (χ3n) is 6.57. The van der Waals surface area contributed by atoms with Gasteiger partial charge in [0.1, 0.15) is 5.75 Å². The minimum Gasteiger partial charge on any atom is -0.423 e. The van der Waals surface area contributed by atoms with Crippen molar-refractivity contribution in [3.8, 4) is 5.75 Å². The van der Waals surface area contributed by atoms with E-state index in [1.54, 1.807) is 30.3 Å². The molecular weight excluding hydrogens is 366 g/mol. The number of aryl methyl sites for hydroxylation is 1. The Labute approximate surface area is 169 Å². The van der Waals surface area contributed by atoms with Crippen LogP contribution in [0.25, 0.3) is 0 Å². The molecule has 0 N–H and O–H groups in total. The van der Waals surface area contributed by atoms with Gasteiger partial charge in [0.05, 0.1) is 23.1 Å². The summed E-state index contributed by atoms with van der Waals surface area (Å²) in [5.74, 6) is -0.528. The number of nitrogens with zero attached hydrogens (tertiary/aromatic N) is 1. The van der Waals surface area contributed by atoms with Crippen LogP contribution in [-0.2, 0) is 9.59 Å². The van der Waals surface area contributed by atoms with Crippen molar-refractivity contribution in [2.24, 2.45) is 23.7 Å². The van der Waals surface area contributed by atoms with Crippen LogP contribution < -0.4 is 9.64 Å². The molecule has 0 spiro atoms. The van der Waals surface area contributed by atoms with E-state index < -0.39 is 5.97 Å². The zero-order chi connectivity index (χ0) is 20.3. The first-order chi connectivity index (χ1) is 14.0. The highest BCUT2D eigenvalue weighted by atomic mass is 16.5. The Bertz CT molecular complexity index is 1060. The lowest BCUT2D eigenvalue weighted by Gasteiger charge is -2.18. The number of imide groups is 1. The fraction of sp³-hybridized carbons (Fsp3) is 0.292. The molecule has 1 saturated carbocycles. The largest absolute Gasteiger partial charge is 0.423 e. The third kappa shape index (κ3) is 2.64. The average molecular weight is 387 g/mol. The number of amides is 2. The van der Waals surface area contributed by atoms with Crippen LogP contribution in [-0.4, -0.2) is 17.8 Å². The maximum Gasteiger partial charge on any atom is 0.343 e. The van der Waals surface area contributed by atoms with Gasteiger partial charge in [0, 0.05) is 0 Å². The van der Waals surface area contributed by atoms with Gasteiger partial charge in [-0.15, -0.1) is 0 Å². The molecule has 1 heterocycles. The Morgan fingerprint density at radius 1 is 0.966 bits per heavy atom. The van der Waals surface area contributed by atoms with Gasteiger partial charge in [-0.25, -0.2) is 9.69 Å². The molecule has 3 aliphatic rings. The monoisotopic (exact) mass is 387 g/mol. The van der Waals surface area contributed by atoms with Gasteiger partial charge in [0.15, 0.2) is 0 Å². The number of hydrogen-bond acceptors (Lipinski definition) is 4. The zero-order valence-corrected chi connectivity index (χ0v) is 16.3. The summed E-state index contributed by atoms with van der Waals surface area (Å²) in [6.45, 7) is 3.85. The molecule has 0 unspecified atom stereocenters. The molecule has 0 aromatic heterocycles. The second-order valence-electron chi connectivity index (χ2n) is 8.15. The first-order valence-electron chi connectivity index (χ1n) is 9.90. The number of benzene rings is 2. The predicted octanol–water partition coefficient (Wildman–Crippen LogP) is 3.83. The van der Waals surface area contributed by atoms with Crippen LogP contribution in [0.15, 0.2) is 54.6 Å². The summed E-state index contributed by atoms with van der Waals surface area (Å²) in [5.41, 5.74) is 2.68. The van der Waals surface area contributed by atoms with Crippen molar-refractivity contribution >= 4 is 23.5 Å². The summed E-state index contributed by atoms with van der Waals surface area (Å²) in [7, 11) is 0. The lowest BCUT2D eigenvalue weighted by Crippen LogP contribution is -2.33. The molecule has 4 atom stereocenters. The first kappa shape index (κ1) is 17.9. The number of esters is 1. The van der Waals surface area contributed by atoms with E-state index in [4.69, 9.17) is 4.74 Å². The van der Waals surface area contributed by atoms with Gasteiger partial charge in [-0.2, -0.15) is 0 Å². The fourth-order valence-electron chi connectivity index (χ4n) is 4.92. The molecule has 2 aromatic carbocycles. The smallest absolute Gasteiger partial charge is 0.343 e. The summed E-state index contributed by atoms with van der Waals surface area (Å²) in [4.78, 5) is 40.0. The Morgan fingerprint density at radius 2 is 1.62 bits per heavy atom. The molecule has 2 bridgehead atoms. The molecule has 5 rings (SSSR count). The Balaban J connectivity index is 1.42. The summed E-state index contributed by atoms with van der Waals surface area (Å²) in [5, 5.41) is 0. The van der Waals surface area contributed by atoms with E-state index >= 15 is 0 Å². The lowest BCUT2D eigenvalue weighted by molar-refractivity contribution is -0.123. The normalized spacial score (nSPS) is 26.9. The van der Waals surface area contributed by atoms with Gasteiger partial charge in [-0.1, -0.05) is 30.4 Å². The Hall–Kier alpha value is -3.21. The molecule has 1 aliphatic heterocycles. The predicted molar refractivity (Wildman–Crippen MR) is 108 cm³/mol. The van der Waals surface area contributed by atoms with Crippen LogP contribution in [0.3, 0.4) is 0 Å². The van der Waals surface area contributed by atoms with Crippen molar-refractivity contribution in [1.82, 2.24) is 0 Å². The number of fused-ring (bicyclic) bond motifs is 5. The van der Waals surface area contributed by atoms with E-state index in [-0.39, 0.29) is 35.5 Å². The maximum absolute atomic E-state index is 13.0. The van der Waals surface area contributed by atoms with Gasteiger partial charge in [-0.3, -0.25) is 9.59 Å². The summed E-state index contributed by atoms with van der Waals surface area (Å²) in [6, 6.07) is 12.1. The van der Waals surface area contributed by atoms with Gasteiger partial charge in [0.2, 0.25) is 11.8 Å². The van der Waals surface area contributed by atoms with Crippen LogP contribution in [0.5, 0.6) is 5.75 Å². The third-order valence-corrected chi connectivity index (χ3v) is 6.57. The van der Waals surface area contributed by atoms with E-state index in [2.05, 4.69) is 12.2 Å². The van der Waals surface area contributed by atoms with E-state index in [1.807, 2.05) is 26.0 Å². The van der Waals surface area contributed by atoms with Crippen molar-refractivity contribution in [2.75, 3.05) is 4.90 Å². The first-order valence-corrected chi connectivity index (χ1v) is 9.90. The maximum atomic E-state index is 13.0. The van der Waals surface area contributed by atoms with Crippen LogP contribution in [0.1, 0.15) is 27.9 Å². The minimum absolute atomic E-state index is 0.156. The van der Waals surface area contributed by atoms with Crippen molar-refractivity contribution in [3.05, 3.63) is 71.3 Å². The molecule has 1 saturated heterocycles. The number of ether oxygens (including phenoxy) is 1. The van der Waals surface area contributed by atoms with Gasteiger partial charge in [0.25, 0.3) is 0 Å². The molecule has 0 radical (unpaired) electrons. The van der Waals surface area contributed by atoms with Crippen molar-refractivity contribution < 1.29 is 19.1 Å². The van der Waals surface area contributed by atoms with Crippen molar-refractivity contribution in [2.45, 2.75) is 20.3 Å². The van der Waals surface area contributed by atoms with E-state index in [0.717, 1.165) is 17.5 Å². The molecule has 2 aliphatic carbocycles.